The van der Waals surface area contributed by atoms with Crippen molar-refractivity contribution < 1.29 is 4.79 Å². The van der Waals surface area contributed by atoms with Crippen LogP contribution in [0.4, 0.5) is 5.69 Å². The van der Waals surface area contributed by atoms with Crippen LogP contribution in [0.15, 0.2) is 84.4 Å². The lowest BCUT2D eigenvalue weighted by molar-refractivity contribution is 0.102. The summed E-state index contributed by atoms with van der Waals surface area (Å²) in [4.78, 5) is 12.5. The van der Waals surface area contributed by atoms with E-state index in [1.807, 2.05) is 42.5 Å². The number of rotatable bonds is 3. The van der Waals surface area contributed by atoms with Gasteiger partial charge >= 0.3 is 0 Å². The van der Waals surface area contributed by atoms with Crippen molar-refractivity contribution in [3.05, 3.63) is 107 Å². The standard InChI is InChI=1S/C25H21N3OS/c29-24(17-9-5-2-6-10-17)26-19-12-14-20-18(15-19)11-13-21-22(16-7-3-1-4-8-16)27-25(30)28-23(20)21/h1-10,12,14-15,22H,11,13H2,(H,26,29)(H2,27,28,30). The zero-order valence-electron chi connectivity index (χ0n) is 16.3. The molecule has 3 aromatic carbocycles. The molecule has 0 fully saturated rings. The third-order valence-corrected chi connectivity index (χ3v) is 5.87. The van der Waals surface area contributed by atoms with Crippen LogP contribution in [0.25, 0.3) is 5.70 Å². The van der Waals surface area contributed by atoms with Crippen molar-refractivity contribution in [2.75, 3.05) is 5.32 Å². The number of amides is 1. The first-order valence-electron chi connectivity index (χ1n) is 10.0. The molecule has 2 aliphatic rings. The summed E-state index contributed by atoms with van der Waals surface area (Å²) in [5, 5.41) is 10.4. The van der Waals surface area contributed by atoms with Crippen LogP contribution in [-0.2, 0) is 6.42 Å². The van der Waals surface area contributed by atoms with E-state index in [1.54, 1.807) is 0 Å². The number of aryl methyl sites for hydroxylation is 1. The SMILES string of the molecule is O=C(Nc1ccc2c(c1)CCC1=C2NC(=S)NC1c1ccccc1)c1ccccc1. The fourth-order valence-electron chi connectivity index (χ4n) is 4.22. The molecule has 0 bridgehead atoms. The zero-order valence-corrected chi connectivity index (χ0v) is 17.1. The van der Waals surface area contributed by atoms with E-state index in [2.05, 4.69) is 52.3 Å². The van der Waals surface area contributed by atoms with Crippen molar-refractivity contribution in [1.29, 1.82) is 0 Å². The maximum atomic E-state index is 12.5. The predicted molar refractivity (Wildman–Crippen MR) is 124 cm³/mol. The molecule has 0 spiro atoms. The number of carbonyl (C=O) groups is 1. The summed E-state index contributed by atoms with van der Waals surface area (Å²) in [7, 11) is 0. The Kier molecular flexibility index (Phi) is 4.81. The highest BCUT2D eigenvalue weighted by Gasteiger charge is 2.30. The van der Waals surface area contributed by atoms with E-state index in [0.29, 0.717) is 10.7 Å². The lowest BCUT2D eigenvalue weighted by Crippen LogP contribution is -2.44. The number of hydrogen-bond donors (Lipinski definition) is 3. The maximum Gasteiger partial charge on any atom is 0.255 e. The Morgan fingerprint density at radius 3 is 2.43 bits per heavy atom. The van der Waals surface area contributed by atoms with E-state index in [4.69, 9.17) is 12.2 Å². The summed E-state index contributed by atoms with van der Waals surface area (Å²) in [6, 6.07) is 25.9. The molecular weight excluding hydrogens is 390 g/mol. The van der Waals surface area contributed by atoms with Gasteiger partial charge in [-0.05, 0) is 66.0 Å². The number of nitrogens with one attached hydrogen (secondary N) is 3. The first-order chi connectivity index (χ1) is 14.7. The number of anilines is 1. The molecule has 148 valence electrons. The van der Waals surface area contributed by atoms with E-state index in [0.717, 1.165) is 29.8 Å². The van der Waals surface area contributed by atoms with Crippen LogP contribution in [-0.4, -0.2) is 11.0 Å². The quantitative estimate of drug-likeness (QED) is 0.541. The van der Waals surface area contributed by atoms with Crippen LogP contribution in [0.3, 0.4) is 0 Å². The Hall–Kier alpha value is -3.44. The Morgan fingerprint density at radius 2 is 1.67 bits per heavy atom. The molecule has 4 nitrogen and oxygen atoms in total. The Labute approximate surface area is 181 Å². The van der Waals surface area contributed by atoms with Gasteiger partial charge in [0.2, 0.25) is 0 Å². The molecule has 1 amide bonds. The fraction of sp³-hybridized carbons (Fsp3) is 0.120. The molecule has 1 unspecified atom stereocenters. The van der Waals surface area contributed by atoms with Crippen LogP contribution < -0.4 is 16.0 Å². The molecule has 5 heteroatoms. The van der Waals surface area contributed by atoms with Crippen molar-refractivity contribution in [1.82, 2.24) is 10.6 Å². The van der Waals surface area contributed by atoms with E-state index >= 15 is 0 Å². The molecule has 1 aliphatic heterocycles. The Bertz CT molecular complexity index is 1160. The van der Waals surface area contributed by atoms with Crippen LogP contribution in [0.2, 0.25) is 0 Å². The summed E-state index contributed by atoms with van der Waals surface area (Å²) in [5.74, 6) is -0.100. The molecule has 3 aromatic rings. The van der Waals surface area contributed by atoms with Crippen molar-refractivity contribution >= 4 is 34.6 Å². The first-order valence-corrected chi connectivity index (χ1v) is 10.4. The molecule has 3 N–H and O–H groups in total. The van der Waals surface area contributed by atoms with Gasteiger partial charge in [-0.3, -0.25) is 4.79 Å². The van der Waals surface area contributed by atoms with E-state index in [1.165, 1.54) is 16.7 Å². The summed E-state index contributed by atoms with van der Waals surface area (Å²) in [6.07, 6.45) is 1.85. The highest BCUT2D eigenvalue weighted by molar-refractivity contribution is 7.80. The summed E-state index contributed by atoms with van der Waals surface area (Å²) in [6.45, 7) is 0. The second-order valence-electron chi connectivity index (χ2n) is 7.53. The molecule has 5 rings (SSSR count). The Balaban J connectivity index is 1.46. The third-order valence-electron chi connectivity index (χ3n) is 5.65. The van der Waals surface area contributed by atoms with Gasteiger partial charge < -0.3 is 16.0 Å². The largest absolute Gasteiger partial charge is 0.352 e. The van der Waals surface area contributed by atoms with Gasteiger partial charge in [0.15, 0.2) is 5.11 Å². The first kappa shape index (κ1) is 18.6. The van der Waals surface area contributed by atoms with E-state index in [-0.39, 0.29) is 11.9 Å². The summed E-state index contributed by atoms with van der Waals surface area (Å²) in [5.41, 5.74) is 7.45. The minimum atomic E-state index is -0.100. The van der Waals surface area contributed by atoms with Gasteiger partial charge in [-0.1, -0.05) is 54.6 Å². The number of benzene rings is 3. The monoisotopic (exact) mass is 411 g/mol. The van der Waals surface area contributed by atoms with E-state index < -0.39 is 0 Å². The van der Waals surface area contributed by atoms with Crippen molar-refractivity contribution in [3.8, 4) is 0 Å². The minimum Gasteiger partial charge on any atom is -0.352 e. The third kappa shape index (κ3) is 3.48. The van der Waals surface area contributed by atoms with Gasteiger partial charge in [-0.15, -0.1) is 0 Å². The average molecular weight is 412 g/mol. The zero-order chi connectivity index (χ0) is 20.5. The van der Waals surface area contributed by atoms with Crippen molar-refractivity contribution in [2.45, 2.75) is 18.9 Å². The molecule has 0 aromatic heterocycles. The number of carbonyl (C=O) groups excluding carboxylic acids is 1. The molecule has 0 saturated carbocycles. The lowest BCUT2D eigenvalue weighted by Gasteiger charge is -2.36. The van der Waals surface area contributed by atoms with Gasteiger partial charge in [-0.25, -0.2) is 0 Å². The maximum absolute atomic E-state index is 12.5. The molecule has 1 heterocycles. The highest BCUT2D eigenvalue weighted by atomic mass is 32.1. The van der Waals surface area contributed by atoms with Crippen molar-refractivity contribution in [3.63, 3.8) is 0 Å². The number of hydrogen-bond acceptors (Lipinski definition) is 2. The highest BCUT2D eigenvalue weighted by Crippen LogP contribution is 2.39. The number of fused-ring (bicyclic) bond motifs is 2. The second kappa shape index (κ2) is 7.76. The van der Waals surface area contributed by atoms with Gasteiger partial charge in [0.1, 0.15) is 0 Å². The number of thiocarbonyl (C=S) groups is 1. The molecule has 0 saturated heterocycles. The van der Waals surface area contributed by atoms with Crippen LogP contribution >= 0.6 is 12.2 Å². The molecule has 30 heavy (non-hydrogen) atoms. The predicted octanol–water partition coefficient (Wildman–Crippen LogP) is 4.82. The van der Waals surface area contributed by atoms with Gasteiger partial charge in [0.05, 0.1) is 6.04 Å². The van der Waals surface area contributed by atoms with Crippen LogP contribution in [0, 0.1) is 0 Å². The minimum absolute atomic E-state index is 0.0839. The lowest BCUT2D eigenvalue weighted by atomic mass is 9.82. The molecule has 1 atom stereocenters. The molecule has 1 aliphatic carbocycles. The Morgan fingerprint density at radius 1 is 0.933 bits per heavy atom. The molecule has 0 radical (unpaired) electrons. The van der Waals surface area contributed by atoms with Crippen molar-refractivity contribution in [2.24, 2.45) is 0 Å². The smallest absolute Gasteiger partial charge is 0.255 e. The second-order valence-corrected chi connectivity index (χ2v) is 7.94. The van der Waals surface area contributed by atoms with E-state index in [9.17, 15) is 4.79 Å². The summed E-state index contributed by atoms with van der Waals surface area (Å²) >= 11 is 5.50. The van der Waals surface area contributed by atoms with Crippen LogP contribution in [0.1, 0.15) is 39.5 Å². The fourth-order valence-corrected chi connectivity index (χ4v) is 4.44. The summed E-state index contributed by atoms with van der Waals surface area (Å²) < 4.78 is 0. The van der Waals surface area contributed by atoms with Gasteiger partial charge in [-0.2, -0.15) is 0 Å². The molecular formula is C25H21N3OS. The van der Waals surface area contributed by atoms with Gasteiger partial charge in [0, 0.05) is 22.5 Å². The topological polar surface area (TPSA) is 53.2 Å². The average Bonchev–Trinajstić information content (AvgIpc) is 2.79. The normalized spacial score (nSPS) is 17.3. The van der Waals surface area contributed by atoms with Gasteiger partial charge in [0.25, 0.3) is 5.91 Å². The van der Waals surface area contributed by atoms with Crippen LogP contribution in [0.5, 0.6) is 0 Å².